The fraction of sp³-hybridized carbons (Fsp3) is 0.357. The van der Waals surface area contributed by atoms with E-state index in [1.807, 2.05) is 36.4 Å². The second-order valence-corrected chi connectivity index (χ2v) is 3.96. The average molecular weight is 260 g/mol. The zero-order valence-corrected chi connectivity index (χ0v) is 10.8. The van der Waals surface area contributed by atoms with Gasteiger partial charge in [0.1, 0.15) is 6.42 Å². The predicted octanol–water partition coefficient (Wildman–Crippen LogP) is 1.49. The molecule has 0 N–H and O–H groups in total. The van der Waals surface area contributed by atoms with Crippen molar-refractivity contribution in [3.63, 3.8) is 0 Å². The normalized spacial score (nSPS) is 9.47. The Morgan fingerprint density at radius 2 is 2.00 bits per heavy atom. The van der Waals surface area contributed by atoms with Crippen molar-refractivity contribution in [2.45, 2.75) is 19.4 Å². The maximum absolute atomic E-state index is 11.9. The molecule has 0 radical (unpaired) electrons. The van der Waals surface area contributed by atoms with E-state index in [0.717, 1.165) is 5.56 Å². The molecule has 1 aromatic carbocycles. The van der Waals surface area contributed by atoms with Crippen LogP contribution >= 0.6 is 0 Å². The molecule has 0 saturated heterocycles. The van der Waals surface area contributed by atoms with Crippen LogP contribution in [-0.4, -0.2) is 30.4 Å². The second kappa shape index (κ2) is 7.88. The number of hydrogen-bond acceptors (Lipinski definition) is 4. The van der Waals surface area contributed by atoms with Crippen molar-refractivity contribution in [2.24, 2.45) is 0 Å². The molecule has 0 atom stereocenters. The van der Waals surface area contributed by atoms with E-state index in [2.05, 4.69) is 4.74 Å². The van der Waals surface area contributed by atoms with Crippen molar-refractivity contribution >= 4 is 11.9 Å². The Morgan fingerprint density at radius 1 is 1.32 bits per heavy atom. The van der Waals surface area contributed by atoms with Crippen LogP contribution in [0.15, 0.2) is 30.3 Å². The number of nitriles is 1. The quantitative estimate of drug-likeness (QED) is 0.574. The number of amides is 1. The Kier molecular flexibility index (Phi) is 6.10. The van der Waals surface area contributed by atoms with E-state index in [4.69, 9.17) is 5.26 Å². The molecule has 0 fully saturated rings. The van der Waals surface area contributed by atoms with Gasteiger partial charge in [-0.2, -0.15) is 5.26 Å². The number of rotatable bonds is 6. The minimum atomic E-state index is -0.569. The minimum absolute atomic E-state index is 0.236. The van der Waals surface area contributed by atoms with Gasteiger partial charge in [0.2, 0.25) is 5.91 Å². The monoisotopic (exact) mass is 260 g/mol. The molecule has 19 heavy (non-hydrogen) atoms. The Morgan fingerprint density at radius 3 is 2.58 bits per heavy atom. The number of esters is 1. The van der Waals surface area contributed by atoms with Crippen LogP contribution in [0.4, 0.5) is 0 Å². The number of methoxy groups -OCH3 is 1. The number of ether oxygens (including phenoxy) is 1. The van der Waals surface area contributed by atoms with Gasteiger partial charge in [-0.1, -0.05) is 30.3 Å². The van der Waals surface area contributed by atoms with Crippen LogP contribution in [0, 0.1) is 11.3 Å². The first-order valence-corrected chi connectivity index (χ1v) is 5.93. The molecule has 5 heteroatoms. The summed E-state index contributed by atoms with van der Waals surface area (Å²) in [5.74, 6) is -0.897. The second-order valence-electron chi connectivity index (χ2n) is 3.96. The molecule has 0 aliphatic rings. The van der Waals surface area contributed by atoms with Crippen molar-refractivity contribution in [2.75, 3.05) is 13.7 Å². The molecule has 1 rings (SSSR count). The molecule has 0 aliphatic heterocycles. The van der Waals surface area contributed by atoms with Crippen LogP contribution in [0.3, 0.4) is 0 Å². The van der Waals surface area contributed by atoms with Crippen molar-refractivity contribution in [1.29, 1.82) is 5.26 Å². The van der Waals surface area contributed by atoms with E-state index in [1.54, 1.807) is 0 Å². The molecule has 0 unspecified atom stereocenters. The maximum atomic E-state index is 11.9. The summed E-state index contributed by atoms with van der Waals surface area (Å²) in [6.45, 7) is 0.694. The number of carbonyl (C=O) groups excluding carboxylic acids is 2. The first-order valence-electron chi connectivity index (χ1n) is 5.93. The SMILES string of the molecule is COC(=O)CC(=O)N(CCC#N)Cc1ccccc1. The fourth-order valence-corrected chi connectivity index (χ4v) is 1.59. The number of hydrogen-bond donors (Lipinski definition) is 0. The molecule has 0 aliphatic carbocycles. The van der Waals surface area contributed by atoms with Gasteiger partial charge in [0.15, 0.2) is 0 Å². The summed E-state index contributed by atoms with van der Waals surface area (Å²) in [7, 11) is 1.24. The molecule has 1 amide bonds. The number of benzene rings is 1. The highest BCUT2D eigenvalue weighted by Crippen LogP contribution is 2.07. The van der Waals surface area contributed by atoms with Gasteiger partial charge < -0.3 is 9.64 Å². The highest BCUT2D eigenvalue weighted by molar-refractivity contribution is 5.94. The Labute approximate surface area is 112 Å². The van der Waals surface area contributed by atoms with Crippen LogP contribution in [0.1, 0.15) is 18.4 Å². The molecular weight excluding hydrogens is 244 g/mol. The van der Waals surface area contributed by atoms with E-state index >= 15 is 0 Å². The first-order chi connectivity index (χ1) is 9.17. The Bertz CT molecular complexity index is 465. The van der Waals surface area contributed by atoms with Crippen LogP contribution in [-0.2, 0) is 20.9 Å². The van der Waals surface area contributed by atoms with Gasteiger partial charge in [-0.3, -0.25) is 9.59 Å². The van der Waals surface area contributed by atoms with E-state index in [9.17, 15) is 9.59 Å². The van der Waals surface area contributed by atoms with Crippen molar-refractivity contribution < 1.29 is 14.3 Å². The summed E-state index contributed by atoms with van der Waals surface area (Å²) in [5, 5.41) is 8.61. The third kappa shape index (κ3) is 5.21. The van der Waals surface area contributed by atoms with Crippen molar-refractivity contribution in [3.8, 4) is 6.07 Å². The highest BCUT2D eigenvalue weighted by atomic mass is 16.5. The molecule has 100 valence electrons. The Hall–Kier alpha value is -2.35. The number of nitrogens with zero attached hydrogens (tertiary/aromatic N) is 2. The molecule has 0 bridgehead atoms. The molecule has 0 saturated carbocycles. The van der Waals surface area contributed by atoms with Crippen molar-refractivity contribution in [3.05, 3.63) is 35.9 Å². The van der Waals surface area contributed by atoms with Gasteiger partial charge in [0.05, 0.1) is 19.6 Å². The van der Waals surface area contributed by atoms with Crippen LogP contribution < -0.4 is 0 Å². The van der Waals surface area contributed by atoms with Crippen LogP contribution in [0.5, 0.6) is 0 Å². The molecule has 0 spiro atoms. The lowest BCUT2D eigenvalue weighted by molar-refractivity contribution is -0.147. The summed E-state index contributed by atoms with van der Waals surface area (Å²) in [5.41, 5.74) is 0.957. The summed E-state index contributed by atoms with van der Waals surface area (Å²) in [6, 6.07) is 11.4. The summed E-state index contributed by atoms with van der Waals surface area (Å²) in [6.07, 6.45) is -0.0610. The third-order valence-electron chi connectivity index (χ3n) is 2.59. The first kappa shape index (κ1) is 14.7. The van der Waals surface area contributed by atoms with Gasteiger partial charge in [-0.05, 0) is 5.56 Å². The molecule has 1 aromatic rings. The molecule has 0 aromatic heterocycles. The maximum Gasteiger partial charge on any atom is 0.315 e. The zero-order valence-electron chi connectivity index (χ0n) is 10.8. The van der Waals surface area contributed by atoms with E-state index in [-0.39, 0.29) is 18.7 Å². The van der Waals surface area contributed by atoms with Crippen molar-refractivity contribution in [1.82, 2.24) is 4.90 Å². The van der Waals surface area contributed by atoms with Gasteiger partial charge in [0.25, 0.3) is 0 Å². The highest BCUT2D eigenvalue weighted by Gasteiger charge is 2.17. The number of carbonyl (C=O) groups is 2. The summed E-state index contributed by atoms with van der Waals surface area (Å²) >= 11 is 0. The van der Waals surface area contributed by atoms with E-state index in [1.165, 1.54) is 12.0 Å². The van der Waals surface area contributed by atoms with E-state index in [0.29, 0.717) is 13.1 Å². The van der Waals surface area contributed by atoms with Gasteiger partial charge in [-0.15, -0.1) is 0 Å². The third-order valence-corrected chi connectivity index (χ3v) is 2.59. The average Bonchev–Trinajstić information content (AvgIpc) is 2.44. The van der Waals surface area contributed by atoms with Gasteiger partial charge >= 0.3 is 5.97 Å². The molecule has 0 heterocycles. The zero-order chi connectivity index (χ0) is 14.1. The lowest BCUT2D eigenvalue weighted by Gasteiger charge is -2.21. The van der Waals surface area contributed by atoms with Crippen LogP contribution in [0.2, 0.25) is 0 Å². The smallest absolute Gasteiger partial charge is 0.315 e. The van der Waals surface area contributed by atoms with Gasteiger partial charge in [0, 0.05) is 13.1 Å². The minimum Gasteiger partial charge on any atom is -0.469 e. The molecular formula is C14H16N2O3. The standard InChI is InChI=1S/C14H16N2O3/c1-19-14(18)10-13(17)16(9-5-8-15)11-12-6-3-2-4-7-12/h2-4,6-7H,5,9-11H2,1H3. The van der Waals surface area contributed by atoms with Crippen LogP contribution in [0.25, 0.3) is 0 Å². The van der Waals surface area contributed by atoms with Gasteiger partial charge in [-0.25, -0.2) is 0 Å². The predicted molar refractivity (Wildman–Crippen MR) is 68.7 cm³/mol. The largest absolute Gasteiger partial charge is 0.469 e. The lowest BCUT2D eigenvalue weighted by Crippen LogP contribution is -2.33. The topological polar surface area (TPSA) is 70.4 Å². The summed E-state index contributed by atoms with van der Waals surface area (Å²) in [4.78, 5) is 24.6. The lowest BCUT2D eigenvalue weighted by atomic mass is 10.2. The molecule has 5 nitrogen and oxygen atoms in total. The van der Waals surface area contributed by atoms with E-state index < -0.39 is 5.97 Å². The fourth-order valence-electron chi connectivity index (χ4n) is 1.59. The summed E-state index contributed by atoms with van der Waals surface area (Å²) < 4.78 is 4.47. The Balaban J connectivity index is 2.68.